The molecule has 1 aromatic rings. The van der Waals surface area contributed by atoms with Crippen LogP contribution in [0.4, 0.5) is 5.69 Å². The number of carbonyl (C=O) groups excluding carboxylic acids is 2. The molecular weight excluding hydrogens is 292 g/mol. The van der Waals surface area contributed by atoms with Crippen LogP contribution in [0.1, 0.15) is 23.2 Å². The fraction of sp³-hybridized carbons (Fsp3) is 0.429. The van der Waals surface area contributed by atoms with E-state index in [1.165, 1.54) is 12.1 Å². The van der Waals surface area contributed by atoms with E-state index in [9.17, 15) is 9.59 Å². The molecule has 21 heavy (non-hydrogen) atoms. The van der Waals surface area contributed by atoms with Crippen molar-refractivity contribution in [2.45, 2.75) is 18.9 Å². The quantitative estimate of drug-likeness (QED) is 0.765. The summed E-state index contributed by atoms with van der Waals surface area (Å²) < 4.78 is 0. The lowest BCUT2D eigenvalue weighted by molar-refractivity contribution is -0.117. The number of nitrogens with one attached hydrogen (secondary N) is 1. The molecule has 0 unspecified atom stereocenters. The van der Waals surface area contributed by atoms with Gasteiger partial charge in [-0.3, -0.25) is 14.5 Å². The van der Waals surface area contributed by atoms with Crippen molar-refractivity contribution >= 4 is 29.1 Å². The average molecular weight is 311 g/mol. The van der Waals surface area contributed by atoms with Gasteiger partial charge >= 0.3 is 0 Å². The van der Waals surface area contributed by atoms with Gasteiger partial charge in [0.1, 0.15) is 0 Å². The van der Waals surface area contributed by atoms with Gasteiger partial charge in [0.2, 0.25) is 11.8 Å². The largest absolute Gasteiger partial charge is 0.366 e. The van der Waals surface area contributed by atoms with Crippen LogP contribution in [0.15, 0.2) is 18.2 Å². The first kappa shape index (κ1) is 15.8. The standard InChI is InChI=1S/C14H19ClN4O2/c15-12-2-1-10(7-11(12)14(17)21)18-13(20)8-19-5-3-9(16)4-6-19/h1-2,7,9H,3-6,8,16H2,(H2,17,21)(H,18,20). The summed E-state index contributed by atoms with van der Waals surface area (Å²) in [5.74, 6) is -0.760. The maximum Gasteiger partial charge on any atom is 0.250 e. The number of piperidine rings is 1. The average Bonchev–Trinajstić information content (AvgIpc) is 2.43. The van der Waals surface area contributed by atoms with E-state index in [4.69, 9.17) is 23.1 Å². The fourth-order valence-electron chi connectivity index (χ4n) is 2.31. The Hall–Kier alpha value is -1.63. The summed E-state index contributed by atoms with van der Waals surface area (Å²) in [6.07, 6.45) is 1.81. The number of benzene rings is 1. The Balaban J connectivity index is 1.93. The van der Waals surface area contributed by atoms with Crippen LogP contribution in [0.5, 0.6) is 0 Å². The Labute approximate surface area is 128 Å². The van der Waals surface area contributed by atoms with Crippen molar-refractivity contribution in [3.05, 3.63) is 28.8 Å². The number of hydrogen-bond donors (Lipinski definition) is 3. The van der Waals surface area contributed by atoms with Gasteiger partial charge < -0.3 is 16.8 Å². The summed E-state index contributed by atoms with van der Waals surface area (Å²) >= 11 is 5.86. The highest BCUT2D eigenvalue weighted by Crippen LogP contribution is 2.20. The molecule has 0 aliphatic carbocycles. The highest BCUT2D eigenvalue weighted by atomic mass is 35.5. The Bertz CT molecular complexity index is 542. The van der Waals surface area contributed by atoms with Crippen LogP contribution >= 0.6 is 11.6 Å². The van der Waals surface area contributed by atoms with E-state index < -0.39 is 5.91 Å². The van der Waals surface area contributed by atoms with Crippen molar-refractivity contribution in [3.8, 4) is 0 Å². The number of nitrogens with zero attached hydrogens (tertiary/aromatic N) is 1. The second kappa shape index (κ2) is 6.89. The zero-order valence-corrected chi connectivity index (χ0v) is 12.4. The van der Waals surface area contributed by atoms with E-state index in [0.29, 0.717) is 12.2 Å². The maximum absolute atomic E-state index is 12.0. The van der Waals surface area contributed by atoms with E-state index in [1.54, 1.807) is 6.07 Å². The number of amides is 2. The number of hydrogen-bond acceptors (Lipinski definition) is 4. The molecule has 1 heterocycles. The topological polar surface area (TPSA) is 101 Å². The molecule has 5 N–H and O–H groups in total. The van der Waals surface area contributed by atoms with Crippen LogP contribution in [0.2, 0.25) is 5.02 Å². The molecule has 0 radical (unpaired) electrons. The molecule has 2 rings (SSSR count). The number of carbonyl (C=O) groups is 2. The van der Waals surface area contributed by atoms with Gasteiger partial charge in [-0.15, -0.1) is 0 Å². The number of likely N-dealkylation sites (tertiary alicyclic amines) is 1. The number of primary amides is 1. The maximum atomic E-state index is 12.0. The molecule has 1 aromatic carbocycles. The van der Waals surface area contributed by atoms with Crippen LogP contribution in [-0.4, -0.2) is 42.4 Å². The number of nitrogens with two attached hydrogens (primary N) is 2. The van der Waals surface area contributed by atoms with E-state index >= 15 is 0 Å². The Morgan fingerprint density at radius 1 is 1.33 bits per heavy atom. The molecule has 1 saturated heterocycles. The molecule has 0 bridgehead atoms. The first-order valence-corrected chi connectivity index (χ1v) is 7.20. The SMILES string of the molecule is NC(=O)c1cc(NC(=O)CN2CCC(N)CC2)ccc1Cl. The lowest BCUT2D eigenvalue weighted by atomic mass is 10.1. The molecule has 0 spiro atoms. The predicted octanol–water partition coefficient (Wildman–Crippen LogP) is 0.801. The normalized spacial score (nSPS) is 16.7. The zero-order valence-electron chi connectivity index (χ0n) is 11.6. The van der Waals surface area contributed by atoms with Crippen molar-refractivity contribution in [3.63, 3.8) is 0 Å². The highest BCUT2D eigenvalue weighted by molar-refractivity contribution is 6.33. The molecule has 1 aliphatic heterocycles. The van der Waals surface area contributed by atoms with E-state index in [2.05, 4.69) is 10.2 Å². The van der Waals surface area contributed by atoms with Gasteiger partial charge in [0, 0.05) is 24.8 Å². The smallest absolute Gasteiger partial charge is 0.250 e. The third kappa shape index (κ3) is 4.42. The third-order valence-electron chi connectivity index (χ3n) is 3.52. The Morgan fingerprint density at radius 3 is 2.62 bits per heavy atom. The molecule has 1 aliphatic rings. The molecule has 6 nitrogen and oxygen atoms in total. The van der Waals surface area contributed by atoms with Crippen molar-refractivity contribution < 1.29 is 9.59 Å². The monoisotopic (exact) mass is 310 g/mol. The van der Waals surface area contributed by atoms with Crippen LogP contribution < -0.4 is 16.8 Å². The van der Waals surface area contributed by atoms with Crippen LogP contribution in [-0.2, 0) is 4.79 Å². The minimum Gasteiger partial charge on any atom is -0.366 e. The van der Waals surface area contributed by atoms with Crippen molar-refractivity contribution in [2.24, 2.45) is 11.5 Å². The van der Waals surface area contributed by atoms with Gasteiger partial charge in [0.25, 0.3) is 0 Å². The van der Waals surface area contributed by atoms with Crippen LogP contribution in [0, 0.1) is 0 Å². The summed E-state index contributed by atoms with van der Waals surface area (Å²) in [5.41, 5.74) is 11.7. The van der Waals surface area contributed by atoms with Gasteiger partial charge in [-0.05, 0) is 31.0 Å². The van der Waals surface area contributed by atoms with E-state index in [1.807, 2.05) is 0 Å². The lowest BCUT2D eigenvalue weighted by Gasteiger charge is -2.29. The first-order valence-electron chi connectivity index (χ1n) is 6.83. The molecule has 0 aromatic heterocycles. The lowest BCUT2D eigenvalue weighted by Crippen LogP contribution is -2.43. The van der Waals surface area contributed by atoms with Crippen molar-refractivity contribution in [2.75, 3.05) is 25.0 Å². The first-order chi connectivity index (χ1) is 9.95. The molecule has 114 valence electrons. The molecule has 0 saturated carbocycles. The third-order valence-corrected chi connectivity index (χ3v) is 3.84. The van der Waals surface area contributed by atoms with Gasteiger partial charge in [-0.2, -0.15) is 0 Å². The van der Waals surface area contributed by atoms with Gasteiger partial charge in [0.05, 0.1) is 17.1 Å². The second-order valence-corrected chi connectivity index (χ2v) is 5.63. The van der Waals surface area contributed by atoms with Crippen molar-refractivity contribution in [1.29, 1.82) is 0 Å². The van der Waals surface area contributed by atoms with Gasteiger partial charge in [-0.25, -0.2) is 0 Å². The summed E-state index contributed by atoms with van der Waals surface area (Å²) in [7, 11) is 0. The fourth-order valence-corrected chi connectivity index (χ4v) is 2.52. The molecule has 0 atom stereocenters. The van der Waals surface area contributed by atoms with Crippen LogP contribution in [0.3, 0.4) is 0 Å². The number of anilines is 1. The summed E-state index contributed by atoms with van der Waals surface area (Å²) in [6.45, 7) is 1.95. The number of rotatable bonds is 4. The minimum absolute atomic E-state index is 0.136. The molecule has 7 heteroatoms. The highest BCUT2D eigenvalue weighted by Gasteiger charge is 2.18. The molecular formula is C14H19ClN4O2. The zero-order chi connectivity index (χ0) is 15.4. The Kier molecular flexibility index (Phi) is 5.17. The van der Waals surface area contributed by atoms with Crippen LogP contribution in [0.25, 0.3) is 0 Å². The van der Waals surface area contributed by atoms with E-state index in [0.717, 1.165) is 25.9 Å². The second-order valence-electron chi connectivity index (χ2n) is 5.22. The Morgan fingerprint density at radius 2 is 2.00 bits per heavy atom. The molecule has 1 fully saturated rings. The summed E-state index contributed by atoms with van der Waals surface area (Å²) in [5, 5.41) is 3.01. The predicted molar refractivity (Wildman–Crippen MR) is 82.2 cm³/mol. The summed E-state index contributed by atoms with van der Waals surface area (Å²) in [4.78, 5) is 25.3. The molecule has 2 amide bonds. The van der Waals surface area contributed by atoms with Gasteiger partial charge in [0.15, 0.2) is 0 Å². The van der Waals surface area contributed by atoms with E-state index in [-0.39, 0.29) is 22.5 Å². The number of halogens is 1. The minimum atomic E-state index is -0.624. The van der Waals surface area contributed by atoms with Gasteiger partial charge in [-0.1, -0.05) is 11.6 Å². The van der Waals surface area contributed by atoms with Crippen molar-refractivity contribution in [1.82, 2.24) is 4.90 Å². The summed E-state index contributed by atoms with van der Waals surface area (Å²) in [6, 6.07) is 4.89.